The molecule has 1 N–H and O–H groups in total. The highest BCUT2D eigenvalue weighted by molar-refractivity contribution is 5.90. The first-order valence-corrected chi connectivity index (χ1v) is 7.88. The second kappa shape index (κ2) is 7.12. The molecule has 0 fully saturated rings. The Kier molecular flexibility index (Phi) is 4.74. The fourth-order valence-electron chi connectivity index (χ4n) is 2.26. The van der Waals surface area contributed by atoms with Crippen LogP contribution < -0.4 is 5.32 Å². The topological polar surface area (TPSA) is 81.2 Å². The lowest BCUT2D eigenvalue weighted by Crippen LogP contribution is -2.12. The van der Waals surface area contributed by atoms with Gasteiger partial charge in [-0.25, -0.2) is 0 Å². The first kappa shape index (κ1) is 16.0. The molecule has 3 rings (SSSR count). The largest absolute Gasteiger partial charge is 0.461 e. The average Bonchev–Trinajstić information content (AvgIpc) is 3.25. The molecule has 0 bridgehead atoms. The van der Waals surface area contributed by atoms with Crippen molar-refractivity contribution in [1.29, 1.82) is 0 Å². The minimum atomic E-state index is -0.0926. The minimum Gasteiger partial charge on any atom is -0.461 e. The van der Waals surface area contributed by atoms with E-state index in [9.17, 15) is 4.79 Å². The Bertz CT molecular complexity index is 789. The van der Waals surface area contributed by atoms with Crippen LogP contribution in [0.4, 0.5) is 5.69 Å². The van der Waals surface area contributed by atoms with Gasteiger partial charge in [-0.1, -0.05) is 31.1 Å². The predicted octanol–water partition coefficient (Wildman–Crippen LogP) is 4.02. The van der Waals surface area contributed by atoms with E-state index in [0.29, 0.717) is 29.8 Å². The second-order valence-electron chi connectivity index (χ2n) is 5.81. The van der Waals surface area contributed by atoms with Crippen LogP contribution in [-0.2, 0) is 11.2 Å². The molecule has 0 aliphatic carbocycles. The molecule has 0 unspecified atom stereocenters. The Morgan fingerprint density at radius 1 is 1.21 bits per heavy atom. The summed E-state index contributed by atoms with van der Waals surface area (Å²) in [5.41, 5.74) is 2.02. The highest BCUT2D eigenvalue weighted by atomic mass is 16.5. The standard InChI is InChI=1S/C18H19N3O3/c1-12(2)13-5-7-14(8-6-13)19-16(22)9-10-17-20-18(21-24-17)15-4-3-11-23-15/h3-8,11-12H,9-10H2,1-2H3,(H,19,22). The van der Waals surface area contributed by atoms with Gasteiger partial charge in [0.2, 0.25) is 17.6 Å². The van der Waals surface area contributed by atoms with Crippen molar-refractivity contribution < 1.29 is 13.7 Å². The van der Waals surface area contributed by atoms with Crippen molar-refractivity contribution in [3.63, 3.8) is 0 Å². The van der Waals surface area contributed by atoms with Gasteiger partial charge in [-0.3, -0.25) is 4.79 Å². The van der Waals surface area contributed by atoms with Crippen LogP contribution in [0.1, 0.15) is 37.6 Å². The number of aromatic nitrogens is 2. The van der Waals surface area contributed by atoms with Gasteiger partial charge >= 0.3 is 0 Å². The number of benzene rings is 1. The van der Waals surface area contributed by atoms with Gasteiger partial charge in [0, 0.05) is 18.5 Å². The molecule has 124 valence electrons. The zero-order chi connectivity index (χ0) is 16.9. The summed E-state index contributed by atoms with van der Waals surface area (Å²) in [6.07, 6.45) is 2.19. The van der Waals surface area contributed by atoms with Gasteiger partial charge in [-0.15, -0.1) is 0 Å². The Morgan fingerprint density at radius 2 is 2.00 bits per heavy atom. The zero-order valence-electron chi connectivity index (χ0n) is 13.7. The summed E-state index contributed by atoms with van der Waals surface area (Å²) in [5.74, 6) is 1.71. The van der Waals surface area contributed by atoms with E-state index in [1.54, 1.807) is 18.4 Å². The summed E-state index contributed by atoms with van der Waals surface area (Å²) in [4.78, 5) is 16.2. The number of carbonyl (C=O) groups excluding carboxylic acids is 1. The van der Waals surface area contributed by atoms with Crippen molar-refractivity contribution >= 4 is 11.6 Å². The summed E-state index contributed by atoms with van der Waals surface area (Å²) in [7, 11) is 0. The van der Waals surface area contributed by atoms with E-state index < -0.39 is 0 Å². The summed E-state index contributed by atoms with van der Waals surface area (Å²) in [6.45, 7) is 4.27. The zero-order valence-corrected chi connectivity index (χ0v) is 13.7. The van der Waals surface area contributed by atoms with Crippen LogP contribution in [0.2, 0.25) is 0 Å². The van der Waals surface area contributed by atoms with E-state index in [1.165, 1.54) is 5.56 Å². The number of carbonyl (C=O) groups is 1. The lowest BCUT2D eigenvalue weighted by atomic mass is 10.0. The fourth-order valence-corrected chi connectivity index (χ4v) is 2.26. The molecular formula is C18H19N3O3. The molecule has 0 atom stereocenters. The molecule has 1 aromatic carbocycles. The van der Waals surface area contributed by atoms with Gasteiger partial charge in [0.1, 0.15) is 0 Å². The van der Waals surface area contributed by atoms with E-state index in [4.69, 9.17) is 8.94 Å². The summed E-state index contributed by atoms with van der Waals surface area (Å²) >= 11 is 0. The molecule has 0 saturated heterocycles. The SMILES string of the molecule is CC(C)c1ccc(NC(=O)CCc2nc(-c3ccco3)no2)cc1. The molecule has 6 heteroatoms. The third kappa shape index (κ3) is 3.90. The first-order valence-electron chi connectivity index (χ1n) is 7.88. The molecule has 0 aliphatic rings. The molecule has 3 aromatic rings. The molecule has 2 heterocycles. The molecule has 0 saturated carbocycles. The van der Waals surface area contributed by atoms with Crippen molar-refractivity contribution in [3.05, 3.63) is 54.1 Å². The number of hydrogen-bond acceptors (Lipinski definition) is 5. The molecule has 0 aliphatic heterocycles. The van der Waals surface area contributed by atoms with Crippen molar-refractivity contribution in [1.82, 2.24) is 10.1 Å². The van der Waals surface area contributed by atoms with Crippen LogP contribution in [-0.4, -0.2) is 16.0 Å². The molecule has 2 aromatic heterocycles. The number of furan rings is 1. The van der Waals surface area contributed by atoms with Gasteiger partial charge in [-0.05, 0) is 35.7 Å². The smallest absolute Gasteiger partial charge is 0.238 e. The highest BCUT2D eigenvalue weighted by Gasteiger charge is 2.12. The van der Waals surface area contributed by atoms with Crippen molar-refractivity contribution in [2.24, 2.45) is 0 Å². The maximum atomic E-state index is 12.0. The van der Waals surface area contributed by atoms with Crippen LogP contribution in [0.25, 0.3) is 11.6 Å². The van der Waals surface area contributed by atoms with E-state index in [2.05, 4.69) is 29.3 Å². The molecule has 24 heavy (non-hydrogen) atoms. The monoisotopic (exact) mass is 325 g/mol. The maximum Gasteiger partial charge on any atom is 0.238 e. The third-order valence-electron chi connectivity index (χ3n) is 3.64. The minimum absolute atomic E-state index is 0.0926. The molecular weight excluding hydrogens is 306 g/mol. The third-order valence-corrected chi connectivity index (χ3v) is 3.64. The molecule has 6 nitrogen and oxygen atoms in total. The number of anilines is 1. The van der Waals surface area contributed by atoms with Gasteiger partial charge < -0.3 is 14.3 Å². The number of nitrogens with one attached hydrogen (secondary N) is 1. The predicted molar refractivity (Wildman–Crippen MR) is 89.5 cm³/mol. The Labute approximate surface area is 139 Å². The van der Waals surface area contributed by atoms with Crippen LogP contribution in [0.15, 0.2) is 51.6 Å². The normalized spacial score (nSPS) is 11.0. The average molecular weight is 325 g/mol. The van der Waals surface area contributed by atoms with Crippen LogP contribution in [0.3, 0.4) is 0 Å². The number of nitrogens with zero attached hydrogens (tertiary/aromatic N) is 2. The quantitative estimate of drug-likeness (QED) is 0.740. The van der Waals surface area contributed by atoms with Gasteiger partial charge in [0.25, 0.3) is 0 Å². The second-order valence-corrected chi connectivity index (χ2v) is 5.81. The number of rotatable bonds is 6. The van der Waals surface area contributed by atoms with Crippen LogP contribution >= 0.6 is 0 Å². The Morgan fingerprint density at radius 3 is 2.67 bits per heavy atom. The van der Waals surface area contributed by atoms with Crippen molar-refractivity contribution in [3.8, 4) is 11.6 Å². The lowest BCUT2D eigenvalue weighted by Gasteiger charge is -2.08. The van der Waals surface area contributed by atoms with Crippen molar-refractivity contribution in [2.75, 3.05) is 5.32 Å². The van der Waals surface area contributed by atoms with Gasteiger partial charge in [0.15, 0.2) is 5.76 Å². The maximum absolute atomic E-state index is 12.0. The van der Waals surface area contributed by atoms with Crippen LogP contribution in [0.5, 0.6) is 0 Å². The summed E-state index contributed by atoms with van der Waals surface area (Å²) in [6, 6.07) is 11.4. The first-order chi connectivity index (χ1) is 11.6. The Balaban J connectivity index is 1.52. The van der Waals surface area contributed by atoms with E-state index in [1.807, 2.05) is 24.3 Å². The van der Waals surface area contributed by atoms with E-state index >= 15 is 0 Å². The van der Waals surface area contributed by atoms with Crippen molar-refractivity contribution in [2.45, 2.75) is 32.6 Å². The van der Waals surface area contributed by atoms with E-state index in [0.717, 1.165) is 5.69 Å². The number of amides is 1. The fraction of sp³-hybridized carbons (Fsp3) is 0.278. The lowest BCUT2D eigenvalue weighted by molar-refractivity contribution is -0.116. The Hall–Kier alpha value is -2.89. The molecule has 0 spiro atoms. The molecule has 0 radical (unpaired) electrons. The number of hydrogen-bond donors (Lipinski definition) is 1. The summed E-state index contributed by atoms with van der Waals surface area (Å²) < 4.78 is 10.3. The van der Waals surface area contributed by atoms with Gasteiger partial charge in [0.05, 0.1) is 6.26 Å². The molecule has 1 amide bonds. The highest BCUT2D eigenvalue weighted by Crippen LogP contribution is 2.18. The van der Waals surface area contributed by atoms with Crippen LogP contribution in [0, 0.1) is 0 Å². The number of aryl methyl sites for hydroxylation is 1. The van der Waals surface area contributed by atoms with E-state index in [-0.39, 0.29) is 12.3 Å². The summed E-state index contributed by atoms with van der Waals surface area (Å²) in [5, 5.41) is 6.70. The van der Waals surface area contributed by atoms with Gasteiger partial charge in [-0.2, -0.15) is 4.98 Å².